The molecule has 25 heavy (non-hydrogen) atoms. The molecule has 138 valence electrons. The fourth-order valence-corrected chi connectivity index (χ4v) is 3.69. The lowest BCUT2D eigenvalue weighted by atomic mass is 9.28. The van der Waals surface area contributed by atoms with Gasteiger partial charge in [0, 0.05) is 13.1 Å². The van der Waals surface area contributed by atoms with E-state index in [2.05, 4.69) is 27.7 Å². The van der Waals surface area contributed by atoms with Crippen LogP contribution in [0.25, 0.3) is 0 Å². The van der Waals surface area contributed by atoms with Crippen molar-refractivity contribution in [3.8, 4) is 0 Å². The molecule has 1 heterocycles. The summed E-state index contributed by atoms with van der Waals surface area (Å²) in [6.45, 7) is 12.2. The van der Waals surface area contributed by atoms with Gasteiger partial charge in [-0.2, -0.15) is 0 Å². The van der Waals surface area contributed by atoms with Crippen molar-refractivity contribution < 1.29 is 9.53 Å². The van der Waals surface area contributed by atoms with Crippen LogP contribution >= 0.6 is 0 Å². The molecule has 0 saturated carbocycles. The second kappa shape index (κ2) is 9.31. The van der Waals surface area contributed by atoms with Crippen molar-refractivity contribution in [2.45, 2.75) is 71.5 Å². The number of nitrogens with zero attached hydrogens (tertiary/aromatic N) is 1. The highest BCUT2D eigenvalue weighted by Crippen LogP contribution is 2.42. The number of hydrogen-bond acceptors (Lipinski definition) is 2. The summed E-state index contributed by atoms with van der Waals surface area (Å²) in [7, 11) is 0. The lowest BCUT2D eigenvalue weighted by Crippen LogP contribution is -2.34. The highest BCUT2D eigenvalue weighted by molar-refractivity contribution is 6.62. The van der Waals surface area contributed by atoms with Crippen molar-refractivity contribution in [3.63, 3.8) is 0 Å². The predicted molar refractivity (Wildman–Crippen MR) is 106 cm³/mol. The summed E-state index contributed by atoms with van der Waals surface area (Å²) in [6.07, 6.45) is 5.66. The SMILES string of the molecule is CC(C)C(C)(C)B1CCCCN(C(=O)OCc2ccccc2)CCC1. The summed E-state index contributed by atoms with van der Waals surface area (Å²) < 4.78 is 5.52. The van der Waals surface area contributed by atoms with Gasteiger partial charge in [-0.1, -0.05) is 82.4 Å². The van der Waals surface area contributed by atoms with Crippen LogP contribution in [0.5, 0.6) is 0 Å². The lowest BCUT2D eigenvalue weighted by Gasteiger charge is -2.36. The molecule has 1 aromatic carbocycles. The van der Waals surface area contributed by atoms with Crippen LogP contribution in [0.2, 0.25) is 18.0 Å². The molecule has 1 aliphatic heterocycles. The summed E-state index contributed by atoms with van der Waals surface area (Å²) in [4.78, 5) is 14.3. The molecule has 0 N–H and O–H groups in total. The molecule has 1 fully saturated rings. The summed E-state index contributed by atoms with van der Waals surface area (Å²) in [5.41, 5.74) is 1.04. The monoisotopic (exact) mass is 343 g/mol. The Kier molecular flexibility index (Phi) is 7.40. The molecule has 1 saturated heterocycles. The third-order valence-electron chi connectivity index (χ3n) is 6.21. The lowest BCUT2D eigenvalue weighted by molar-refractivity contribution is 0.0958. The average molecular weight is 343 g/mol. The first-order valence-electron chi connectivity index (χ1n) is 9.87. The van der Waals surface area contributed by atoms with Crippen molar-refractivity contribution >= 4 is 12.8 Å². The first-order chi connectivity index (χ1) is 11.9. The highest BCUT2D eigenvalue weighted by atomic mass is 16.6. The molecule has 3 nitrogen and oxygen atoms in total. The number of carbonyl (C=O) groups is 1. The molecule has 0 radical (unpaired) electrons. The van der Waals surface area contributed by atoms with Crippen LogP contribution in [-0.4, -0.2) is 30.8 Å². The molecule has 1 amide bonds. The van der Waals surface area contributed by atoms with Gasteiger partial charge in [-0.15, -0.1) is 0 Å². The fourth-order valence-electron chi connectivity index (χ4n) is 3.69. The van der Waals surface area contributed by atoms with Crippen molar-refractivity contribution in [1.82, 2.24) is 4.90 Å². The zero-order valence-corrected chi connectivity index (χ0v) is 16.5. The molecular weight excluding hydrogens is 309 g/mol. The van der Waals surface area contributed by atoms with E-state index in [1.807, 2.05) is 35.2 Å². The Balaban J connectivity index is 1.86. The van der Waals surface area contributed by atoms with Gasteiger partial charge >= 0.3 is 6.09 Å². The molecule has 1 aromatic rings. The standard InChI is InChI=1S/C21H34BNO2/c1-18(2)21(3,4)22-13-8-9-15-23(16-10-14-22)20(24)25-17-19-11-6-5-7-12-19/h5-7,11-12,18H,8-10,13-17H2,1-4H3. The number of rotatable bonds is 4. The Morgan fingerprint density at radius 3 is 2.44 bits per heavy atom. The van der Waals surface area contributed by atoms with Crippen LogP contribution < -0.4 is 0 Å². The second-order valence-corrected chi connectivity index (χ2v) is 8.34. The molecular formula is C21H34BNO2. The van der Waals surface area contributed by atoms with Crippen LogP contribution in [-0.2, 0) is 11.3 Å². The Morgan fingerprint density at radius 1 is 1.12 bits per heavy atom. The minimum atomic E-state index is -0.162. The molecule has 2 rings (SSSR count). The molecule has 1 aliphatic rings. The van der Waals surface area contributed by atoms with Gasteiger partial charge in [0.2, 0.25) is 0 Å². The first kappa shape index (κ1) is 19.9. The Bertz CT molecular complexity index is 530. The molecule has 4 heteroatoms. The van der Waals surface area contributed by atoms with E-state index in [1.54, 1.807) is 0 Å². The van der Waals surface area contributed by atoms with Crippen molar-refractivity contribution in [2.75, 3.05) is 13.1 Å². The fraction of sp³-hybridized carbons (Fsp3) is 0.667. The van der Waals surface area contributed by atoms with Gasteiger partial charge < -0.3 is 9.64 Å². The molecule has 0 bridgehead atoms. The van der Waals surface area contributed by atoms with E-state index >= 15 is 0 Å². The molecule has 0 atom stereocenters. The number of amides is 1. The predicted octanol–water partition coefficient (Wildman–Crippen LogP) is 5.74. The number of ether oxygens (including phenoxy) is 1. The maximum absolute atomic E-state index is 12.4. The molecule has 0 aromatic heterocycles. The zero-order valence-electron chi connectivity index (χ0n) is 16.5. The smallest absolute Gasteiger partial charge is 0.410 e. The highest BCUT2D eigenvalue weighted by Gasteiger charge is 2.35. The number of carbonyl (C=O) groups excluding carboxylic acids is 1. The zero-order chi connectivity index (χ0) is 18.3. The van der Waals surface area contributed by atoms with Gasteiger partial charge in [0.1, 0.15) is 13.3 Å². The van der Waals surface area contributed by atoms with Gasteiger partial charge in [-0.25, -0.2) is 4.79 Å². The van der Waals surface area contributed by atoms with E-state index in [1.165, 1.54) is 19.1 Å². The quantitative estimate of drug-likeness (QED) is 0.652. The average Bonchev–Trinajstić information content (AvgIpc) is 2.72. The van der Waals surface area contributed by atoms with Gasteiger partial charge in [-0.3, -0.25) is 0 Å². The molecule has 0 unspecified atom stereocenters. The van der Waals surface area contributed by atoms with Crippen LogP contribution in [0.4, 0.5) is 4.79 Å². The topological polar surface area (TPSA) is 29.5 Å². The van der Waals surface area contributed by atoms with Gasteiger partial charge in [0.25, 0.3) is 0 Å². The van der Waals surface area contributed by atoms with E-state index in [0.717, 1.165) is 38.2 Å². The maximum atomic E-state index is 12.4. The second-order valence-electron chi connectivity index (χ2n) is 8.34. The van der Waals surface area contributed by atoms with E-state index in [0.29, 0.717) is 17.8 Å². The Hall–Kier alpha value is -1.45. The summed E-state index contributed by atoms with van der Waals surface area (Å²) in [6, 6.07) is 9.90. The third kappa shape index (κ3) is 5.79. The molecule has 0 aliphatic carbocycles. The summed E-state index contributed by atoms with van der Waals surface area (Å²) in [5, 5.41) is 0.364. The maximum Gasteiger partial charge on any atom is 0.410 e. The van der Waals surface area contributed by atoms with Gasteiger partial charge in [0.15, 0.2) is 0 Å². The van der Waals surface area contributed by atoms with Crippen LogP contribution in [0, 0.1) is 5.92 Å². The summed E-state index contributed by atoms with van der Waals surface area (Å²) >= 11 is 0. The van der Waals surface area contributed by atoms with Crippen molar-refractivity contribution in [2.24, 2.45) is 5.92 Å². The van der Waals surface area contributed by atoms with Crippen LogP contribution in [0.15, 0.2) is 30.3 Å². The van der Waals surface area contributed by atoms with E-state index in [4.69, 9.17) is 4.74 Å². The Labute approximate surface area is 154 Å². The third-order valence-corrected chi connectivity index (χ3v) is 6.21. The normalized spacial score (nSPS) is 17.0. The van der Waals surface area contributed by atoms with Crippen molar-refractivity contribution in [1.29, 1.82) is 0 Å². The summed E-state index contributed by atoms with van der Waals surface area (Å²) in [5.74, 6) is 0.685. The minimum Gasteiger partial charge on any atom is -0.445 e. The molecule has 0 spiro atoms. The van der Waals surface area contributed by atoms with E-state index < -0.39 is 0 Å². The minimum absolute atomic E-state index is 0.162. The van der Waals surface area contributed by atoms with Gasteiger partial charge in [0.05, 0.1) is 0 Å². The first-order valence-corrected chi connectivity index (χ1v) is 9.87. The van der Waals surface area contributed by atoms with Crippen LogP contribution in [0.1, 0.15) is 52.5 Å². The number of hydrogen-bond donors (Lipinski definition) is 0. The van der Waals surface area contributed by atoms with E-state index in [-0.39, 0.29) is 6.09 Å². The number of benzene rings is 1. The largest absolute Gasteiger partial charge is 0.445 e. The van der Waals surface area contributed by atoms with Crippen LogP contribution in [0.3, 0.4) is 0 Å². The Morgan fingerprint density at radius 2 is 1.76 bits per heavy atom. The van der Waals surface area contributed by atoms with Gasteiger partial charge in [-0.05, 0) is 24.3 Å². The van der Waals surface area contributed by atoms with Crippen molar-refractivity contribution in [3.05, 3.63) is 35.9 Å². The van der Waals surface area contributed by atoms with E-state index in [9.17, 15) is 4.79 Å².